The summed E-state index contributed by atoms with van der Waals surface area (Å²) in [4.78, 5) is 26.2. The standard InChI is InChI=1S/C32H27BrO6/c1-31(2,33)30(35)38-28-24-13-9-8-12-23(24)27-25(26(28)29(34)37-4)18-19-32(39-27,20-10-6-5-7-11-20)21-14-16-22(36-3)17-15-21/h5-19H,1-4H3. The van der Waals surface area contributed by atoms with Gasteiger partial charge in [0.2, 0.25) is 0 Å². The van der Waals surface area contributed by atoms with Crippen LogP contribution in [0.4, 0.5) is 0 Å². The Balaban J connectivity index is 1.80. The molecule has 39 heavy (non-hydrogen) atoms. The number of methoxy groups -OCH3 is 2. The van der Waals surface area contributed by atoms with Gasteiger partial charge in [0.15, 0.2) is 11.4 Å². The van der Waals surface area contributed by atoms with E-state index < -0.39 is 21.9 Å². The molecule has 0 bridgehead atoms. The first-order valence-corrected chi connectivity index (χ1v) is 13.2. The van der Waals surface area contributed by atoms with Crippen LogP contribution in [-0.4, -0.2) is 30.5 Å². The number of benzene rings is 4. The molecule has 1 unspecified atom stereocenters. The molecule has 0 radical (unpaired) electrons. The number of fused-ring (bicyclic) bond motifs is 3. The summed E-state index contributed by atoms with van der Waals surface area (Å²) in [6.07, 6.45) is 3.75. The van der Waals surface area contributed by atoms with E-state index in [4.69, 9.17) is 18.9 Å². The molecule has 0 N–H and O–H groups in total. The van der Waals surface area contributed by atoms with Crippen molar-refractivity contribution in [1.82, 2.24) is 0 Å². The molecule has 5 rings (SSSR count). The normalized spacial score (nSPS) is 16.2. The maximum atomic E-state index is 13.2. The van der Waals surface area contributed by atoms with Crippen molar-refractivity contribution in [2.75, 3.05) is 14.2 Å². The van der Waals surface area contributed by atoms with Gasteiger partial charge in [0, 0.05) is 27.5 Å². The third-order valence-electron chi connectivity index (χ3n) is 6.70. The van der Waals surface area contributed by atoms with Gasteiger partial charge in [-0.05, 0) is 38.1 Å². The second kappa shape index (κ2) is 10.2. The summed E-state index contributed by atoms with van der Waals surface area (Å²) in [6.45, 7) is 3.36. The summed E-state index contributed by atoms with van der Waals surface area (Å²) in [7, 11) is 2.92. The summed E-state index contributed by atoms with van der Waals surface area (Å²) in [6, 6.07) is 24.9. The van der Waals surface area contributed by atoms with Crippen molar-refractivity contribution in [2.45, 2.75) is 23.8 Å². The van der Waals surface area contributed by atoms with E-state index in [-0.39, 0.29) is 11.3 Å². The Hall–Kier alpha value is -4.10. The number of rotatable bonds is 6. The van der Waals surface area contributed by atoms with E-state index in [1.54, 1.807) is 27.0 Å². The lowest BCUT2D eigenvalue weighted by molar-refractivity contribution is -0.135. The topological polar surface area (TPSA) is 71.1 Å². The Morgan fingerprint density at radius 2 is 1.46 bits per heavy atom. The molecule has 1 aliphatic heterocycles. The van der Waals surface area contributed by atoms with Crippen LogP contribution in [0.2, 0.25) is 0 Å². The van der Waals surface area contributed by atoms with Crippen LogP contribution in [0.1, 0.15) is 40.9 Å². The van der Waals surface area contributed by atoms with Gasteiger partial charge in [0.05, 0.1) is 14.2 Å². The van der Waals surface area contributed by atoms with Crippen molar-refractivity contribution < 1.29 is 28.5 Å². The Bertz CT molecular complexity index is 1590. The fourth-order valence-corrected chi connectivity index (χ4v) is 4.77. The average molecular weight is 587 g/mol. The number of ether oxygens (including phenoxy) is 4. The fraction of sp³-hybridized carbons (Fsp3) is 0.188. The smallest absolute Gasteiger partial charge is 0.342 e. The molecular weight excluding hydrogens is 560 g/mol. The van der Waals surface area contributed by atoms with Crippen molar-refractivity contribution in [1.29, 1.82) is 0 Å². The summed E-state index contributed by atoms with van der Waals surface area (Å²) in [5.74, 6) is 0.138. The second-order valence-corrected chi connectivity index (χ2v) is 11.6. The monoisotopic (exact) mass is 586 g/mol. The summed E-state index contributed by atoms with van der Waals surface area (Å²) < 4.78 is 22.4. The van der Waals surface area contributed by atoms with Crippen LogP contribution in [0.25, 0.3) is 16.8 Å². The Morgan fingerprint density at radius 1 is 0.846 bits per heavy atom. The minimum absolute atomic E-state index is 0.115. The molecule has 0 spiro atoms. The molecule has 198 valence electrons. The highest BCUT2D eigenvalue weighted by molar-refractivity contribution is 9.10. The third kappa shape index (κ3) is 4.68. The molecular formula is C32H27BrO6. The van der Waals surface area contributed by atoms with Gasteiger partial charge in [0.1, 0.15) is 21.4 Å². The largest absolute Gasteiger partial charge is 0.497 e. The number of carbonyl (C=O) groups excluding carboxylic acids is 2. The summed E-state index contributed by atoms with van der Waals surface area (Å²) in [5.41, 5.74) is 1.35. The number of halogens is 1. The molecule has 0 aromatic heterocycles. The summed E-state index contributed by atoms with van der Waals surface area (Å²) >= 11 is 3.36. The summed E-state index contributed by atoms with van der Waals surface area (Å²) in [5, 5.41) is 1.24. The Labute approximate surface area is 235 Å². The third-order valence-corrected chi connectivity index (χ3v) is 7.02. The van der Waals surface area contributed by atoms with Crippen molar-refractivity contribution in [3.8, 4) is 17.2 Å². The number of hydrogen-bond donors (Lipinski definition) is 0. The molecule has 0 saturated carbocycles. The first-order chi connectivity index (χ1) is 18.7. The van der Waals surface area contributed by atoms with Crippen LogP contribution in [0.3, 0.4) is 0 Å². The minimum Gasteiger partial charge on any atom is -0.497 e. The lowest BCUT2D eigenvalue weighted by Gasteiger charge is -2.37. The Morgan fingerprint density at radius 3 is 2.08 bits per heavy atom. The van der Waals surface area contributed by atoms with Crippen LogP contribution in [0, 0.1) is 0 Å². The number of carbonyl (C=O) groups is 2. The lowest BCUT2D eigenvalue weighted by Crippen LogP contribution is -2.35. The highest BCUT2D eigenvalue weighted by Crippen LogP contribution is 2.50. The second-order valence-electron chi connectivity index (χ2n) is 9.61. The fourth-order valence-electron chi connectivity index (χ4n) is 4.69. The van der Waals surface area contributed by atoms with E-state index in [0.717, 1.165) is 16.9 Å². The molecule has 0 fully saturated rings. The first kappa shape index (κ1) is 26.5. The van der Waals surface area contributed by atoms with Crippen LogP contribution in [-0.2, 0) is 15.1 Å². The van der Waals surface area contributed by atoms with Gasteiger partial charge in [-0.3, -0.25) is 4.79 Å². The maximum Gasteiger partial charge on any atom is 0.342 e. The van der Waals surface area contributed by atoms with Gasteiger partial charge in [-0.25, -0.2) is 4.79 Å². The SMILES string of the molecule is COC(=O)c1c2c(c3ccccc3c1OC(=O)C(C)(C)Br)OC(c1ccccc1)(c1ccc(OC)cc1)C=C2. The predicted molar refractivity (Wildman–Crippen MR) is 154 cm³/mol. The highest BCUT2D eigenvalue weighted by atomic mass is 79.9. The molecule has 4 aromatic rings. The van der Waals surface area contributed by atoms with E-state index in [1.165, 1.54) is 7.11 Å². The van der Waals surface area contributed by atoms with Crippen molar-refractivity contribution in [3.05, 3.63) is 107 Å². The Kier molecular flexibility index (Phi) is 6.95. The molecule has 0 amide bonds. The van der Waals surface area contributed by atoms with E-state index >= 15 is 0 Å². The predicted octanol–water partition coefficient (Wildman–Crippen LogP) is 7.06. The zero-order valence-electron chi connectivity index (χ0n) is 22.0. The molecule has 4 aromatic carbocycles. The van der Waals surface area contributed by atoms with Crippen LogP contribution >= 0.6 is 15.9 Å². The quantitative estimate of drug-likeness (QED) is 0.137. The molecule has 1 heterocycles. The zero-order chi connectivity index (χ0) is 27.8. The van der Waals surface area contributed by atoms with Crippen LogP contribution in [0.5, 0.6) is 17.2 Å². The average Bonchev–Trinajstić information content (AvgIpc) is 2.96. The van der Waals surface area contributed by atoms with Gasteiger partial charge in [-0.1, -0.05) is 82.7 Å². The number of esters is 2. The molecule has 0 aliphatic carbocycles. The number of hydrogen-bond acceptors (Lipinski definition) is 6. The van der Waals surface area contributed by atoms with Crippen molar-refractivity contribution >= 4 is 44.7 Å². The lowest BCUT2D eigenvalue weighted by atomic mass is 9.82. The molecule has 7 heteroatoms. The zero-order valence-corrected chi connectivity index (χ0v) is 23.6. The molecule has 1 aliphatic rings. The van der Waals surface area contributed by atoms with Gasteiger partial charge >= 0.3 is 11.9 Å². The van der Waals surface area contributed by atoms with E-state index in [2.05, 4.69) is 15.9 Å². The van der Waals surface area contributed by atoms with Crippen molar-refractivity contribution in [3.63, 3.8) is 0 Å². The van der Waals surface area contributed by atoms with Gasteiger partial charge < -0.3 is 18.9 Å². The maximum absolute atomic E-state index is 13.2. The van der Waals surface area contributed by atoms with Gasteiger partial charge in [-0.15, -0.1) is 0 Å². The molecule has 0 saturated heterocycles. The molecule has 6 nitrogen and oxygen atoms in total. The van der Waals surface area contributed by atoms with Crippen LogP contribution < -0.4 is 14.2 Å². The van der Waals surface area contributed by atoms with Gasteiger partial charge in [0.25, 0.3) is 0 Å². The van der Waals surface area contributed by atoms with Gasteiger partial charge in [-0.2, -0.15) is 0 Å². The van der Waals surface area contributed by atoms with E-state index in [0.29, 0.717) is 22.1 Å². The molecule has 1 atom stereocenters. The number of alkyl halides is 1. The van der Waals surface area contributed by atoms with Crippen molar-refractivity contribution in [2.24, 2.45) is 0 Å². The van der Waals surface area contributed by atoms with Crippen LogP contribution in [0.15, 0.2) is 84.9 Å². The van der Waals surface area contributed by atoms with E-state index in [1.807, 2.05) is 84.9 Å². The minimum atomic E-state index is -1.01. The highest BCUT2D eigenvalue weighted by Gasteiger charge is 2.40. The van der Waals surface area contributed by atoms with E-state index in [9.17, 15) is 9.59 Å². The first-order valence-electron chi connectivity index (χ1n) is 12.4.